The highest BCUT2D eigenvalue weighted by molar-refractivity contribution is 5.43. The standard InChI is InChI=1S/C13H18O4/c1-16-13-7-9(8-14)5-6-12(13)17-11-4-2-3-10(11)15/h5-7,10-11,14-15H,2-4,8H2,1H3/t10-,11-/m1/s1. The summed E-state index contributed by atoms with van der Waals surface area (Å²) in [5, 5.41) is 18.7. The summed E-state index contributed by atoms with van der Waals surface area (Å²) in [6.07, 6.45) is 2.11. The van der Waals surface area contributed by atoms with Crippen molar-refractivity contribution >= 4 is 0 Å². The van der Waals surface area contributed by atoms with Crippen molar-refractivity contribution in [1.82, 2.24) is 0 Å². The Hall–Kier alpha value is -1.26. The summed E-state index contributed by atoms with van der Waals surface area (Å²) in [6, 6.07) is 5.31. The van der Waals surface area contributed by atoms with E-state index in [1.807, 2.05) is 0 Å². The van der Waals surface area contributed by atoms with Crippen molar-refractivity contribution in [3.05, 3.63) is 23.8 Å². The Morgan fingerprint density at radius 2 is 2.12 bits per heavy atom. The van der Waals surface area contributed by atoms with E-state index in [1.54, 1.807) is 25.3 Å². The topological polar surface area (TPSA) is 58.9 Å². The Kier molecular flexibility index (Phi) is 3.86. The van der Waals surface area contributed by atoms with Crippen molar-refractivity contribution in [2.24, 2.45) is 0 Å². The molecule has 4 heteroatoms. The molecule has 0 saturated heterocycles. The molecular weight excluding hydrogens is 220 g/mol. The third-order valence-electron chi connectivity index (χ3n) is 3.11. The van der Waals surface area contributed by atoms with E-state index >= 15 is 0 Å². The summed E-state index contributed by atoms with van der Waals surface area (Å²) < 4.78 is 11.0. The Balaban J connectivity index is 2.14. The zero-order valence-corrected chi connectivity index (χ0v) is 9.93. The molecule has 1 saturated carbocycles. The van der Waals surface area contributed by atoms with Gasteiger partial charge in [-0.05, 0) is 37.0 Å². The third kappa shape index (κ3) is 2.70. The fraction of sp³-hybridized carbons (Fsp3) is 0.538. The van der Waals surface area contributed by atoms with Crippen molar-refractivity contribution in [3.63, 3.8) is 0 Å². The summed E-state index contributed by atoms with van der Waals surface area (Å²) in [4.78, 5) is 0. The number of aliphatic hydroxyl groups excluding tert-OH is 2. The van der Waals surface area contributed by atoms with Crippen LogP contribution in [0.15, 0.2) is 18.2 Å². The molecule has 1 aromatic carbocycles. The number of hydrogen-bond donors (Lipinski definition) is 2. The fourth-order valence-electron chi connectivity index (χ4n) is 2.11. The van der Waals surface area contributed by atoms with Crippen LogP contribution in [-0.2, 0) is 6.61 Å². The molecule has 0 amide bonds. The van der Waals surface area contributed by atoms with E-state index in [9.17, 15) is 5.11 Å². The molecule has 0 aliphatic heterocycles. The first-order valence-corrected chi connectivity index (χ1v) is 5.87. The van der Waals surface area contributed by atoms with Crippen molar-refractivity contribution < 1.29 is 19.7 Å². The van der Waals surface area contributed by atoms with Crippen molar-refractivity contribution in [1.29, 1.82) is 0 Å². The van der Waals surface area contributed by atoms with Crippen LogP contribution < -0.4 is 9.47 Å². The van der Waals surface area contributed by atoms with Crippen LogP contribution in [0, 0.1) is 0 Å². The monoisotopic (exact) mass is 238 g/mol. The lowest BCUT2D eigenvalue weighted by Gasteiger charge is -2.19. The molecule has 1 aromatic rings. The first-order valence-electron chi connectivity index (χ1n) is 5.87. The van der Waals surface area contributed by atoms with Gasteiger partial charge in [0, 0.05) is 0 Å². The van der Waals surface area contributed by atoms with Gasteiger partial charge in [-0.2, -0.15) is 0 Å². The number of aliphatic hydroxyl groups is 2. The van der Waals surface area contributed by atoms with Crippen molar-refractivity contribution in [3.8, 4) is 11.5 Å². The normalized spacial score (nSPS) is 23.7. The second-order valence-corrected chi connectivity index (χ2v) is 4.30. The number of hydrogen-bond acceptors (Lipinski definition) is 4. The average Bonchev–Trinajstić information content (AvgIpc) is 2.75. The summed E-state index contributed by atoms with van der Waals surface area (Å²) in [7, 11) is 1.56. The molecule has 94 valence electrons. The van der Waals surface area contributed by atoms with E-state index in [0.717, 1.165) is 24.8 Å². The van der Waals surface area contributed by atoms with E-state index in [2.05, 4.69) is 0 Å². The molecule has 17 heavy (non-hydrogen) atoms. The average molecular weight is 238 g/mol. The summed E-state index contributed by atoms with van der Waals surface area (Å²) in [5.41, 5.74) is 0.779. The van der Waals surface area contributed by atoms with Gasteiger partial charge >= 0.3 is 0 Å². The zero-order chi connectivity index (χ0) is 12.3. The van der Waals surface area contributed by atoms with Crippen LogP contribution in [-0.4, -0.2) is 29.5 Å². The van der Waals surface area contributed by atoms with Crippen molar-refractivity contribution in [2.75, 3.05) is 7.11 Å². The Morgan fingerprint density at radius 3 is 2.71 bits per heavy atom. The van der Waals surface area contributed by atoms with E-state index in [1.165, 1.54) is 0 Å². The first kappa shape index (κ1) is 12.2. The molecule has 2 rings (SSSR count). The minimum absolute atomic E-state index is 0.0251. The van der Waals surface area contributed by atoms with Gasteiger partial charge < -0.3 is 19.7 Å². The fourth-order valence-corrected chi connectivity index (χ4v) is 2.11. The van der Waals surface area contributed by atoms with E-state index in [0.29, 0.717) is 11.5 Å². The lowest BCUT2D eigenvalue weighted by Crippen LogP contribution is -2.25. The van der Waals surface area contributed by atoms with Crippen LogP contribution >= 0.6 is 0 Å². The predicted molar refractivity (Wildman–Crippen MR) is 63.2 cm³/mol. The van der Waals surface area contributed by atoms with E-state index in [4.69, 9.17) is 14.6 Å². The highest BCUT2D eigenvalue weighted by atomic mass is 16.5. The molecule has 4 nitrogen and oxygen atoms in total. The Morgan fingerprint density at radius 1 is 1.29 bits per heavy atom. The third-order valence-corrected chi connectivity index (χ3v) is 3.11. The number of benzene rings is 1. The summed E-state index contributed by atoms with van der Waals surface area (Å²) in [6.45, 7) is -0.0251. The molecular formula is C13H18O4. The molecule has 0 bridgehead atoms. The van der Waals surface area contributed by atoms with Gasteiger partial charge in [0.15, 0.2) is 11.5 Å². The highest BCUT2D eigenvalue weighted by Crippen LogP contribution is 2.32. The number of methoxy groups -OCH3 is 1. The molecule has 2 atom stereocenters. The molecule has 2 N–H and O–H groups in total. The lowest BCUT2D eigenvalue weighted by molar-refractivity contribution is 0.0586. The van der Waals surface area contributed by atoms with Crippen molar-refractivity contribution in [2.45, 2.75) is 38.1 Å². The van der Waals surface area contributed by atoms with Crippen LogP contribution in [0.3, 0.4) is 0 Å². The molecule has 0 radical (unpaired) electrons. The van der Waals surface area contributed by atoms with Crippen LogP contribution in [0.2, 0.25) is 0 Å². The summed E-state index contributed by atoms with van der Waals surface area (Å²) in [5.74, 6) is 1.21. The maximum absolute atomic E-state index is 9.71. The largest absolute Gasteiger partial charge is 0.493 e. The molecule has 1 fully saturated rings. The van der Waals surface area contributed by atoms with Crippen LogP contribution in [0.1, 0.15) is 24.8 Å². The minimum atomic E-state index is -0.391. The van der Waals surface area contributed by atoms with Gasteiger partial charge in [0.05, 0.1) is 19.8 Å². The minimum Gasteiger partial charge on any atom is -0.493 e. The molecule has 0 unspecified atom stereocenters. The molecule has 1 aliphatic carbocycles. The molecule has 0 aromatic heterocycles. The van der Waals surface area contributed by atoms with Crippen LogP contribution in [0.25, 0.3) is 0 Å². The van der Waals surface area contributed by atoms with Crippen LogP contribution in [0.4, 0.5) is 0 Å². The van der Waals surface area contributed by atoms with E-state index < -0.39 is 6.10 Å². The second kappa shape index (κ2) is 5.38. The first-order chi connectivity index (χ1) is 8.24. The zero-order valence-electron chi connectivity index (χ0n) is 9.93. The van der Waals surface area contributed by atoms with Gasteiger partial charge in [0.25, 0.3) is 0 Å². The Labute approximate surface area is 101 Å². The number of rotatable bonds is 4. The maximum Gasteiger partial charge on any atom is 0.161 e. The van der Waals surface area contributed by atoms with Gasteiger partial charge in [-0.25, -0.2) is 0 Å². The second-order valence-electron chi connectivity index (χ2n) is 4.30. The van der Waals surface area contributed by atoms with E-state index in [-0.39, 0.29) is 12.7 Å². The molecule has 1 aliphatic rings. The van der Waals surface area contributed by atoms with Gasteiger partial charge in [-0.3, -0.25) is 0 Å². The predicted octanol–water partition coefficient (Wildman–Crippen LogP) is 1.48. The molecule has 0 heterocycles. The maximum atomic E-state index is 9.71. The highest BCUT2D eigenvalue weighted by Gasteiger charge is 2.27. The molecule has 0 spiro atoms. The summed E-state index contributed by atoms with van der Waals surface area (Å²) >= 11 is 0. The van der Waals surface area contributed by atoms with Gasteiger partial charge in [-0.1, -0.05) is 6.07 Å². The lowest BCUT2D eigenvalue weighted by atomic mass is 10.2. The smallest absolute Gasteiger partial charge is 0.161 e. The Bertz CT molecular complexity index is 378. The van der Waals surface area contributed by atoms with Gasteiger partial charge in [0.1, 0.15) is 6.10 Å². The van der Waals surface area contributed by atoms with Crippen LogP contribution in [0.5, 0.6) is 11.5 Å². The van der Waals surface area contributed by atoms with Gasteiger partial charge in [-0.15, -0.1) is 0 Å². The number of ether oxygens (including phenoxy) is 2. The van der Waals surface area contributed by atoms with Gasteiger partial charge in [0.2, 0.25) is 0 Å². The SMILES string of the molecule is COc1cc(CO)ccc1O[C@@H]1CCC[C@H]1O. The quantitative estimate of drug-likeness (QED) is 0.834.